The Bertz CT molecular complexity index is 798. The molecule has 0 saturated carbocycles. The molecule has 3 aromatic rings. The fourth-order valence-corrected chi connectivity index (χ4v) is 2.53. The molecule has 2 heteroatoms. The van der Waals surface area contributed by atoms with Gasteiger partial charge in [0.15, 0.2) is 0 Å². The Morgan fingerprint density at radius 3 is 2.40 bits per heavy atom. The summed E-state index contributed by atoms with van der Waals surface area (Å²) in [7, 11) is 0. The summed E-state index contributed by atoms with van der Waals surface area (Å²) in [6.07, 6.45) is 0.802. The number of fused-ring (bicyclic) bond motifs is 1. The van der Waals surface area contributed by atoms with Crippen LogP contribution in [-0.2, 0) is 6.42 Å². The third kappa shape index (κ3) is 2.52. The van der Waals surface area contributed by atoms with Gasteiger partial charge in [0.05, 0.1) is 11.6 Å². The van der Waals surface area contributed by atoms with Crippen molar-refractivity contribution in [1.29, 1.82) is 5.26 Å². The molecule has 0 radical (unpaired) electrons. The zero-order valence-electron chi connectivity index (χ0n) is 10.8. The van der Waals surface area contributed by atoms with Gasteiger partial charge in [0.1, 0.15) is 0 Å². The van der Waals surface area contributed by atoms with Crippen LogP contribution in [0.3, 0.4) is 0 Å². The summed E-state index contributed by atoms with van der Waals surface area (Å²) in [4.78, 5) is 0. The number of benzene rings is 3. The molecule has 0 spiro atoms. The van der Waals surface area contributed by atoms with E-state index in [1.807, 2.05) is 54.6 Å². The van der Waals surface area contributed by atoms with Gasteiger partial charge in [-0.1, -0.05) is 54.1 Å². The van der Waals surface area contributed by atoms with Crippen LogP contribution >= 0.6 is 11.6 Å². The minimum atomic E-state index is 0.729. The lowest BCUT2D eigenvalue weighted by Crippen LogP contribution is -1.90. The summed E-state index contributed by atoms with van der Waals surface area (Å²) in [5.74, 6) is 0. The van der Waals surface area contributed by atoms with Crippen LogP contribution in [0, 0.1) is 11.3 Å². The van der Waals surface area contributed by atoms with Gasteiger partial charge in [-0.15, -0.1) is 0 Å². The monoisotopic (exact) mass is 277 g/mol. The zero-order valence-corrected chi connectivity index (χ0v) is 11.6. The van der Waals surface area contributed by atoms with Gasteiger partial charge >= 0.3 is 0 Å². The van der Waals surface area contributed by atoms with Crippen molar-refractivity contribution in [2.45, 2.75) is 6.42 Å². The summed E-state index contributed by atoms with van der Waals surface area (Å²) >= 11 is 5.90. The Kier molecular flexibility index (Phi) is 3.41. The average molecular weight is 278 g/mol. The molecular formula is C18H12ClN. The van der Waals surface area contributed by atoms with Crippen molar-refractivity contribution in [3.05, 3.63) is 82.4 Å². The molecule has 0 atom stereocenters. The lowest BCUT2D eigenvalue weighted by Gasteiger charge is -2.06. The van der Waals surface area contributed by atoms with Gasteiger partial charge in [0, 0.05) is 5.02 Å². The third-order valence-electron chi connectivity index (χ3n) is 3.36. The zero-order chi connectivity index (χ0) is 13.9. The quantitative estimate of drug-likeness (QED) is 0.650. The lowest BCUT2D eigenvalue weighted by atomic mass is 9.97. The fourth-order valence-electron chi connectivity index (χ4n) is 2.41. The number of rotatable bonds is 2. The molecule has 0 fully saturated rings. The maximum absolute atomic E-state index is 9.30. The minimum Gasteiger partial charge on any atom is -0.192 e. The Morgan fingerprint density at radius 2 is 1.65 bits per heavy atom. The molecule has 0 aliphatic carbocycles. The van der Waals surface area contributed by atoms with Crippen molar-refractivity contribution in [2.75, 3.05) is 0 Å². The maximum atomic E-state index is 9.30. The average Bonchev–Trinajstić information content (AvgIpc) is 2.49. The molecule has 20 heavy (non-hydrogen) atoms. The fraction of sp³-hybridized carbons (Fsp3) is 0.0556. The Hall–Kier alpha value is -2.30. The van der Waals surface area contributed by atoms with Crippen molar-refractivity contribution in [3.63, 3.8) is 0 Å². The van der Waals surface area contributed by atoms with E-state index in [0.717, 1.165) is 33.3 Å². The second kappa shape index (κ2) is 5.36. The predicted octanol–water partition coefficient (Wildman–Crippen LogP) is 4.96. The van der Waals surface area contributed by atoms with E-state index in [9.17, 15) is 5.26 Å². The molecule has 0 amide bonds. The van der Waals surface area contributed by atoms with E-state index in [0.29, 0.717) is 0 Å². The Morgan fingerprint density at radius 1 is 0.900 bits per heavy atom. The van der Waals surface area contributed by atoms with Crippen LogP contribution < -0.4 is 0 Å². The molecule has 0 saturated heterocycles. The molecule has 0 aliphatic rings. The molecule has 3 rings (SSSR count). The predicted molar refractivity (Wildman–Crippen MR) is 82.9 cm³/mol. The second-order valence-electron chi connectivity index (χ2n) is 4.78. The lowest BCUT2D eigenvalue weighted by molar-refractivity contribution is 1.20. The van der Waals surface area contributed by atoms with Crippen LogP contribution in [0.2, 0.25) is 5.02 Å². The SMILES string of the molecule is N#Cc1cc(Cc2ccc(Cl)cc2)cc2ccccc12. The molecule has 0 N–H and O–H groups in total. The van der Waals surface area contributed by atoms with Gasteiger partial charge < -0.3 is 0 Å². The van der Waals surface area contributed by atoms with E-state index < -0.39 is 0 Å². The summed E-state index contributed by atoms with van der Waals surface area (Å²) in [5.41, 5.74) is 3.06. The van der Waals surface area contributed by atoms with Crippen molar-refractivity contribution in [3.8, 4) is 6.07 Å². The summed E-state index contributed by atoms with van der Waals surface area (Å²) in [6, 6.07) is 22.2. The van der Waals surface area contributed by atoms with Crippen molar-refractivity contribution < 1.29 is 0 Å². The molecule has 0 bridgehead atoms. The van der Waals surface area contributed by atoms with Crippen LogP contribution in [0.1, 0.15) is 16.7 Å². The summed E-state index contributed by atoms with van der Waals surface area (Å²) < 4.78 is 0. The van der Waals surface area contributed by atoms with Crippen LogP contribution in [0.25, 0.3) is 10.8 Å². The van der Waals surface area contributed by atoms with E-state index in [2.05, 4.69) is 12.1 Å². The highest BCUT2D eigenvalue weighted by molar-refractivity contribution is 6.30. The highest BCUT2D eigenvalue weighted by atomic mass is 35.5. The number of hydrogen-bond acceptors (Lipinski definition) is 1. The standard InChI is InChI=1S/C18H12ClN/c19-17-7-5-13(6-8-17)9-14-10-15-3-1-2-4-18(15)16(11-14)12-20/h1-8,10-11H,9H2. The molecule has 0 aliphatic heterocycles. The first-order chi connectivity index (χ1) is 9.76. The Labute approximate surface area is 123 Å². The van der Waals surface area contributed by atoms with Crippen LogP contribution in [0.4, 0.5) is 0 Å². The first-order valence-electron chi connectivity index (χ1n) is 6.42. The Balaban J connectivity index is 2.04. The minimum absolute atomic E-state index is 0.729. The third-order valence-corrected chi connectivity index (χ3v) is 3.62. The van der Waals surface area contributed by atoms with E-state index in [4.69, 9.17) is 11.6 Å². The molecule has 0 unspecified atom stereocenters. The van der Waals surface area contributed by atoms with Gasteiger partial charge in [-0.3, -0.25) is 0 Å². The first kappa shape index (κ1) is 12.7. The smallest absolute Gasteiger partial charge is 0.0998 e. The van der Waals surface area contributed by atoms with E-state index in [1.165, 1.54) is 5.56 Å². The van der Waals surface area contributed by atoms with Crippen LogP contribution in [0.5, 0.6) is 0 Å². The molecule has 96 valence electrons. The summed E-state index contributed by atoms with van der Waals surface area (Å²) in [6.45, 7) is 0. The van der Waals surface area contributed by atoms with Gasteiger partial charge in [-0.2, -0.15) is 5.26 Å². The molecule has 3 aromatic carbocycles. The van der Waals surface area contributed by atoms with E-state index in [-0.39, 0.29) is 0 Å². The molecule has 1 nitrogen and oxygen atoms in total. The highest BCUT2D eigenvalue weighted by Gasteiger charge is 2.04. The normalized spacial score (nSPS) is 10.4. The van der Waals surface area contributed by atoms with Crippen LogP contribution in [0.15, 0.2) is 60.7 Å². The second-order valence-corrected chi connectivity index (χ2v) is 5.22. The maximum Gasteiger partial charge on any atom is 0.0998 e. The largest absolute Gasteiger partial charge is 0.192 e. The van der Waals surface area contributed by atoms with Gasteiger partial charge in [-0.05, 0) is 46.5 Å². The van der Waals surface area contributed by atoms with Crippen molar-refractivity contribution >= 4 is 22.4 Å². The van der Waals surface area contributed by atoms with Gasteiger partial charge in [-0.25, -0.2) is 0 Å². The first-order valence-corrected chi connectivity index (χ1v) is 6.80. The molecule has 0 heterocycles. The van der Waals surface area contributed by atoms with E-state index in [1.54, 1.807) is 0 Å². The number of nitriles is 1. The summed E-state index contributed by atoms with van der Waals surface area (Å²) in [5, 5.41) is 12.2. The number of halogens is 1. The van der Waals surface area contributed by atoms with E-state index >= 15 is 0 Å². The number of hydrogen-bond donors (Lipinski definition) is 0. The van der Waals surface area contributed by atoms with Gasteiger partial charge in [0.25, 0.3) is 0 Å². The molecule has 0 aromatic heterocycles. The highest BCUT2D eigenvalue weighted by Crippen LogP contribution is 2.22. The van der Waals surface area contributed by atoms with Crippen molar-refractivity contribution in [2.24, 2.45) is 0 Å². The van der Waals surface area contributed by atoms with Crippen molar-refractivity contribution in [1.82, 2.24) is 0 Å². The topological polar surface area (TPSA) is 23.8 Å². The van der Waals surface area contributed by atoms with Gasteiger partial charge in [0.2, 0.25) is 0 Å². The number of nitrogens with zero attached hydrogens (tertiary/aromatic N) is 1. The molecular weight excluding hydrogens is 266 g/mol. The van der Waals surface area contributed by atoms with Crippen LogP contribution in [-0.4, -0.2) is 0 Å².